The van der Waals surface area contributed by atoms with Gasteiger partial charge in [0.1, 0.15) is 11.5 Å². The number of piperidine rings is 1. The monoisotopic (exact) mass is 405 g/mol. The molecule has 5 nitrogen and oxygen atoms in total. The van der Waals surface area contributed by atoms with Gasteiger partial charge in [-0.25, -0.2) is 0 Å². The Kier molecular flexibility index (Phi) is 7.07. The lowest BCUT2D eigenvalue weighted by Crippen LogP contribution is -2.40. The normalized spacial score (nSPS) is 16.8. The third kappa shape index (κ3) is 4.98. The van der Waals surface area contributed by atoms with Gasteiger partial charge in [0.25, 0.3) is 0 Å². The molecule has 1 fully saturated rings. The first-order chi connectivity index (χ1) is 14.5. The van der Waals surface area contributed by atoms with E-state index in [1.807, 2.05) is 74.5 Å². The number of carbonyl (C=O) groups is 2. The summed E-state index contributed by atoms with van der Waals surface area (Å²) in [4.78, 5) is 27.1. The van der Waals surface area contributed by atoms with Crippen LogP contribution >= 0.6 is 0 Å². The lowest BCUT2D eigenvalue weighted by molar-refractivity contribution is -0.129. The molecule has 3 rings (SSSR count). The van der Waals surface area contributed by atoms with Gasteiger partial charge in [-0.15, -0.1) is 0 Å². The van der Waals surface area contributed by atoms with Gasteiger partial charge in [-0.1, -0.05) is 36.4 Å². The third-order valence-corrected chi connectivity index (χ3v) is 4.85. The zero-order valence-corrected chi connectivity index (χ0v) is 17.7. The van der Waals surface area contributed by atoms with Crippen molar-refractivity contribution in [1.29, 1.82) is 0 Å². The number of para-hydroxylation sites is 2. The van der Waals surface area contributed by atoms with Gasteiger partial charge in [-0.2, -0.15) is 0 Å². The molecule has 0 bridgehead atoms. The fourth-order valence-corrected chi connectivity index (χ4v) is 3.41. The van der Waals surface area contributed by atoms with Crippen LogP contribution in [0.5, 0.6) is 11.5 Å². The Morgan fingerprint density at radius 3 is 1.70 bits per heavy atom. The first-order valence-corrected chi connectivity index (χ1v) is 10.2. The van der Waals surface area contributed by atoms with Crippen LogP contribution in [0.25, 0.3) is 12.2 Å². The van der Waals surface area contributed by atoms with Gasteiger partial charge in [0, 0.05) is 42.3 Å². The molecule has 0 radical (unpaired) electrons. The average Bonchev–Trinajstić information content (AvgIpc) is 2.73. The number of hydrogen-bond acceptors (Lipinski definition) is 4. The zero-order valence-electron chi connectivity index (χ0n) is 17.7. The van der Waals surface area contributed by atoms with Gasteiger partial charge in [-0.3, -0.25) is 9.59 Å². The summed E-state index contributed by atoms with van der Waals surface area (Å²) in [7, 11) is 0. The maximum Gasteiger partial charge on any atom is 0.220 e. The maximum absolute atomic E-state index is 13.3. The van der Waals surface area contributed by atoms with Crippen molar-refractivity contribution in [2.75, 3.05) is 26.3 Å². The number of amides is 1. The predicted molar refractivity (Wildman–Crippen MR) is 118 cm³/mol. The highest BCUT2D eigenvalue weighted by atomic mass is 16.5. The summed E-state index contributed by atoms with van der Waals surface area (Å²) in [6.45, 7) is 6.99. The molecule has 1 heterocycles. The molecule has 0 saturated carbocycles. The number of rotatable bonds is 6. The molecule has 0 aliphatic carbocycles. The van der Waals surface area contributed by atoms with E-state index < -0.39 is 0 Å². The minimum Gasteiger partial charge on any atom is -0.493 e. The second-order valence-electron chi connectivity index (χ2n) is 6.99. The molecular weight excluding hydrogens is 378 g/mol. The molecule has 0 spiro atoms. The summed E-state index contributed by atoms with van der Waals surface area (Å²) in [5.74, 6) is 1.29. The van der Waals surface area contributed by atoms with Crippen LogP contribution in [0, 0.1) is 0 Å². The van der Waals surface area contributed by atoms with E-state index in [1.165, 1.54) is 6.92 Å². The van der Waals surface area contributed by atoms with Crippen LogP contribution in [-0.4, -0.2) is 42.9 Å². The first-order valence-electron chi connectivity index (χ1n) is 10.2. The number of benzene rings is 2. The maximum atomic E-state index is 13.3. The van der Waals surface area contributed by atoms with Gasteiger partial charge in [0.05, 0.1) is 13.2 Å². The van der Waals surface area contributed by atoms with Crippen molar-refractivity contribution in [3.05, 3.63) is 70.8 Å². The molecule has 2 aromatic rings. The zero-order chi connectivity index (χ0) is 21.5. The molecule has 2 aromatic carbocycles. The minimum absolute atomic E-state index is 0.0647. The van der Waals surface area contributed by atoms with Gasteiger partial charge < -0.3 is 14.4 Å². The minimum atomic E-state index is -0.0736. The van der Waals surface area contributed by atoms with Gasteiger partial charge in [-0.05, 0) is 38.1 Å². The fourth-order valence-electron chi connectivity index (χ4n) is 3.41. The molecule has 1 aliphatic rings. The van der Waals surface area contributed by atoms with E-state index >= 15 is 0 Å². The Morgan fingerprint density at radius 1 is 0.867 bits per heavy atom. The van der Waals surface area contributed by atoms with E-state index in [1.54, 1.807) is 4.90 Å². The highest BCUT2D eigenvalue weighted by molar-refractivity contribution is 6.15. The topological polar surface area (TPSA) is 55.8 Å². The highest BCUT2D eigenvalue weighted by Gasteiger charge is 2.28. The van der Waals surface area contributed by atoms with Crippen molar-refractivity contribution >= 4 is 23.8 Å². The van der Waals surface area contributed by atoms with E-state index in [-0.39, 0.29) is 24.8 Å². The SMILES string of the molecule is CCOc1ccccc1/C=C1\CN(C(C)=O)C/C(=C\c2ccccc2OCC)C1=O. The fraction of sp³-hybridized carbons (Fsp3) is 0.280. The molecule has 5 heteroatoms. The van der Waals surface area contributed by atoms with E-state index in [0.717, 1.165) is 11.1 Å². The van der Waals surface area contributed by atoms with Crippen LogP contribution < -0.4 is 9.47 Å². The van der Waals surface area contributed by atoms with Crippen LogP contribution in [0.3, 0.4) is 0 Å². The second-order valence-corrected chi connectivity index (χ2v) is 6.99. The van der Waals surface area contributed by atoms with Crippen LogP contribution in [0.15, 0.2) is 59.7 Å². The largest absolute Gasteiger partial charge is 0.493 e. The summed E-state index contributed by atoms with van der Waals surface area (Å²) in [6, 6.07) is 15.2. The third-order valence-electron chi connectivity index (χ3n) is 4.85. The summed E-state index contributed by atoms with van der Waals surface area (Å²) in [5, 5.41) is 0. The molecule has 0 aromatic heterocycles. The van der Waals surface area contributed by atoms with E-state index in [0.29, 0.717) is 35.9 Å². The lowest BCUT2D eigenvalue weighted by atomic mass is 9.94. The molecule has 156 valence electrons. The molecular formula is C25H27NO4. The average molecular weight is 405 g/mol. The quantitative estimate of drug-likeness (QED) is 0.669. The van der Waals surface area contributed by atoms with Crippen LogP contribution in [0.2, 0.25) is 0 Å². The number of ketones is 1. The van der Waals surface area contributed by atoms with Crippen LogP contribution in [0.1, 0.15) is 31.9 Å². The number of likely N-dealkylation sites (tertiary alicyclic amines) is 1. The molecule has 0 N–H and O–H groups in total. The van der Waals surface area contributed by atoms with Crippen molar-refractivity contribution in [2.45, 2.75) is 20.8 Å². The van der Waals surface area contributed by atoms with Gasteiger partial charge >= 0.3 is 0 Å². The molecule has 0 unspecified atom stereocenters. The Morgan fingerprint density at radius 2 is 1.30 bits per heavy atom. The lowest BCUT2D eigenvalue weighted by Gasteiger charge is -2.29. The standard InChI is InChI=1S/C25H27NO4/c1-4-29-23-12-8-6-10-19(23)14-21-16-26(18(3)27)17-22(25(21)28)15-20-11-7-9-13-24(20)30-5-2/h6-15H,4-5,16-17H2,1-3H3/b21-14+,22-15+. The van der Waals surface area contributed by atoms with Crippen LogP contribution in [0.4, 0.5) is 0 Å². The predicted octanol–water partition coefficient (Wildman–Crippen LogP) is 4.38. The first kappa shape index (κ1) is 21.4. The highest BCUT2D eigenvalue weighted by Crippen LogP contribution is 2.28. The van der Waals surface area contributed by atoms with E-state index in [2.05, 4.69) is 0 Å². The van der Waals surface area contributed by atoms with Gasteiger partial charge in [0.15, 0.2) is 5.78 Å². The smallest absolute Gasteiger partial charge is 0.220 e. The number of ether oxygens (including phenoxy) is 2. The Bertz CT molecular complexity index is 919. The Balaban J connectivity index is 2.03. The molecule has 1 aliphatic heterocycles. The molecule has 0 atom stereocenters. The summed E-state index contributed by atoms with van der Waals surface area (Å²) in [6.07, 6.45) is 3.65. The van der Waals surface area contributed by atoms with Crippen molar-refractivity contribution < 1.29 is 19.1 Å². The van der Waals surface area contributed by atoms with Crippen molar-refractivity contribution in [2.24, 2.45) is 0 Å². The molecule has 30 heavy (non-hydrogen) atoms. The number of nitrogens with zero attached hydrogens (tertiary/aromatic N) is 1. The van der Waals surface area contributed by atoms with Crippen molar-refractivity contribution in [3.8, 4) is 11.5 Å². The molecule has 1 amide bonds. The van der Waals surface area contributed by atoms with Crippen molar-refractivity contribution in [1.82, 2.24) is 4.90 Å². The van der Waals surface area contributed by atoms with Gasteiger partial charge in [0.2, 0.25) is 5.91 Å². The number of hydrogen-bond donors (Lipinski definition) is 0. The van der Waals surface area contributed by atoms with Crippen LogP contribution in [-0.2, 0) is 9.59 Å². The van der Waals surface area contributed by atoms with E-state index in [9.17, 15) is 9.59 Å². The van der Waals surface area contributed by atoms with E-state index in [4.69, 9.17) is 9.47 Å². The summed E-state index contributed by atoms with van der Waals surface area (Å²) in [5.41, 5.74) is 2.76. The molecule has 1 saturated heterocycles. The summed E-state index contributed by atoms with van der Waals surface area (Å²) >= 11 is 0. The Hall–Kier alpha value is -3.34. The number of carbonyl (C=O) groups excluding carboxylic acids is 2. The number of Topliss-reactive ketones (excluding diaryl/α,β-unsaturated/α-hetero) is 1. The summed E-state index contributed by atoms with van der Waals surface area (Å²) < 4.78 is 11.4. The second kappa shape index (κ2) is 9.92. The van der Waals surface area contributed by atoms with Crippen molar-refractivity contribution in [3.63, 3.8) is 0 Å². The Labute approximate surface area is 177 Å².